The molecule has 1 fully saturated rings. The van der Waals surface area contributed by atoms with E-state index in [0.717, 1.165) is 30.3 Å². The van der Waals surface area contributed by atoms with Crippen LogP contribution >= 0.6 is 0 Å². The number of fused-ring (bicyclic) bond motifs is 1. The quantitative estimate of drug-likeness (QED) is 0.556. The maximum absolute atomic E-state index is 14.6. The summed E-state index contributed by atoms with van der Waals surface area (Å²) in [5.74, 6) is 0.931. The molecule has 0 saturated heterocycles. The molecule has 1 aliphatic rings. The van der Waals surface area contributed by atoms with Crippen LogP contribution in [0.15, 0.2) is 36.7 Å². The lowest BCUT2D eigenvalue weighted by atomic mass is 10.1. The Morgan fingerprint density at radius 1 is 1.28 bits per heavy atom. The molecule has 168 valence electrons. The third kappa shape index (κ3) is 3.86. The summed E-state index contributed by atoms with van der Waals surface area (Å²) in [6.07, 6.45) is 3.11. The minimum Gasteiger partial charge on any atom is -0.496 e. The lowest BCUT2D eigenvalue weighted by Gasteiger charge is -2.30. The average molecular weight is 438 g/mol. The number of ether oxygens (including phenoxy) is 1. The van der Waals surface area contributed by atoms with Crippen LogP contribution in [0.1, 0.15) is 30.9 Å². The number of likely N-dealkylation sites (N-methyl/N-ethyl adjacent to an activating group) is 2. The Morgan fingerprint density at radius 3 is 2.72 bits per heavy atom. The second-order valence-corrected chi connectivity index (χ2v) is 8.09. The highest BCUT2D eigenvalue weighted by Crippen LogP contribution is 2.43. The second-order valence-electron chi connectivity index (χ2n) is 8.09. The average Bonchev–Trinajstić information content (AvgIpc) is 3.61. The van der Waals surface area contributed by atoms with Gasteiger partial charge in [-0.2, -0.15) is 0 Å². The number of nitrogens with zero attached hydrogens (tertiary/aromatic N) is 3. The Hall–Kier alpha value is -3.26. The minimum atomic E-state index is -0.470. The second kappa shape index (κ2) is 8.70. The van der Waals surface area contributed by atoms with E-state index < -0.39 is 5.54 Å². The molecule has 8 heteroatoms. The third-order valence-electron chi connectivity index (χ3n) is 6.20. The van der Waals surface area contributed by atoms with E-state index in [1.165, 1.54) is 6.33 Å². The molecule has 0 aliphatic heterocycles. The van der Waals surface area contributed by atoms with Gasteiger partial charge in [-0.1, -0.05) is 19.1 Å². The van der Waals surface area contributed by atoms with E-state index in [1.807, 2.05) is 19.1 Å². The monoisotopic (exact) mass is 437 g/mol. The summed E-state index contributed by atoms with van der Waals surface area (Å²) in [6.45, 7) is 5.03. The van der Waals surface area contributed by atoms with Gasteiger partial charge in [-0.25, -0.2) is 14.4 Å². The zero-order valence-corrected chi connectivity index (χ0v) is 18.8. The maximum Gasteiger partial charge on any atom is 0.240 e. The summed E-state index contributed by atoms with van der Waals surface area (Å²) < 4.78 is 20.2. The highest BCUT2D eigenvalue weighted by atomic mass is 19.1. The SMILES string of the molecule is CCN(Cc1cc2c(Nc3cccc(C)c3F)ncnc2cc1OC)C1(C(=O)NC)CC1. The summed E-state index contributed by atoms with van der Waals surface area (Å²) in [6, 6.07) is 9.02. The molecule has 2 N–H and O–H groups in total. The molecule has 1 heterocycles. The molecule has 1 aliphatic carbocycles. The van der Waals surface area contributed by atoms with Gasteiger partial charge in [-0.15, -0.1) is 0 Å². The topological polar surface area (TPSA) is 79.4 Å². The number of hydrogen-bond donors (Lipinski definition) is 2. The molecule has 0 atom stereocenters. The number of methoxy groups -OCH3 is 1. The molecule has 1 amide bonds. The Balaban J connectivity index is 1.74. The Labute approximate surface area is 187 Å². The van der Waals surface area contributed by atoms with Crippen LogP contribution in [-0.4, -0.2) is 47.0 Å². The van der Waals surface area contributed by atoms with E-state index in [-0.39, 0.29) is 11.7 Å². The zero-order valence-electron chi connectivity index (χ0n) is 18.8. The summed E-state index contributed by atoms with van der Waals surface area (Å²) >= 11 is 0. The first-order chi connectivity index (χ1) is 15.4. The van der Waals surface area contributed by atoms with Crippen LogP contribution in [-0.2, 0) is 11.3 Å². The van der Waals surface area contributed by atoms with Crippen molar-refractivity contribution in [2.75, 3.05) is 26.0 Å². The molecule has 0 bridgehead atoms. The maximum atomic E-state index is 14.6. The number of halogens is 1. The Bertz CT molecular complexity index is 1160. The molecule has 0 unspecified atom stereocenters. The molecule has 7 nitrogen and oxygen atoms in total. The molecule has 1 saturated carbocycles. The number of amides is 1. The third-order valence-corrected chi connectivity index (χ3v) is 6.20. The fourth-order valence-electron chi connectivity index (χ4n) is 4.22. The number of hydrogen-bond acceptors (Lipinski definition) is 6. The van der Waals surface area contributed by atoms with Gasteiger partial charge >= 0.3 is 0 Å². The van der Waals surface area contributed by atoms with Gasteiger partial charge in [0.05, 0.1) is 18.3 Å². The van der Waals surface area contributed by atoms with Crippen molar-refractivity contribution in [3.8, 4) is 5.75 Å². The first-order valence-electron chi connectivity index (χ1n) is 10.7. The predicted molar refractivity (Wildman–Crippen MR) is 123 cm³/mol. The normalized spacial score (nSPS) is 14.4. The lowest BCUT2D eigenvalue weighted by Crippen LogP contribution is -2.47. The number of anilines is 2. The first kappa shape index (κ1) is 22.0. The molecule has 4 rings (SSSR count). The standard InChI is InChI=1S/C24H28FN5O2/c1-5-30(24(9-10-24)23(31)26-3)13-16-11-17-19(12-20(16)32-4)27-14-28-22(17)29-18-8-6-7-15(2)21(18)25/h6-8,11-12,14H,5,9-10,13H2,1-4H3,(H,26,31)(H,27,28,29). The van der Waals surface area contributed by atoms with E-state index in [1.54, 1.807) is 39.3 Å². The Morgan fingerprint density at radius 2 is 2.06 bits per heavy atom. The number of carbonyl (C=O) groups excluding carboxylic acids is 1. The predicted octanol–water partition coefficient (Wildman–Crippen LogP) is 3.93. The van der Waals surface area contributed by atoms with Crippen LogP contribution in [0.2, 0.25) is 0 Å². The summed E-state index contributed by atoms with van der Waals surface area (Å²) in [5, 5.41) is 6.66. The van der Waals surface area contributed by atoms with Crippen molar-refractivity contribution in [1.82, 2.24) is 20.2 Å². The molecule has 32 heavy (non-hydrogen) atoms. The van der Waals surface area contributed by atoms with Gasteiger partial charge in [-0.3, -0.25) is 9.69 Å². The van der Waals surface area contributed by atoms with Gasteiger partial charge in [0, 0.05) is 30.6 Å². The van der Waals surface area contributed by atoms with Crippen molar-refractivity contribution in [2.45, 2.75) is 38.8 Å². The number of aromatic nitrogens is 2. The molecule has 0 radical (unpaired) electrons. The molecular weight excluding hydrogens is 409 g/mol. The highest BCUT2D eigenvalue weighted by Gasteiger charge is 2.53. The Kier molecular flexibility index (Phi) is 5.97. The van der Waals surface area contributed by atoms with Crippen molar-refractivity contribution in [3.05, 3.63) is 53.6 Å². The number of benzene rings is 2. The number of carbonyl (C=O) groups is 1. The van der Waals surface area contributed by atoms with Gasteiger partial charge in [0.25, 0.3) is 0 Å². The van der Waals surface area contributed by atoms with Crippen molar-refractivity contribution >= 4 is 28.3 Å². The minimum absolute atomic E-state index is 0.0414. The largest absolute Gasteiger partial charge is 0.496 e. The number of aryl methyl sites for hydroxylation is 1. The first-order valence-corrected chi connectivity index (χ1v) is 10.7. The van der Waals surface area contributed by atoms with E-state index in [2.05, 4.69) is 25.5 Å². The van der Waals surface area contributed by atoms with E-state index in [4.69, 9.17) is 4.74 Å². The molecule has 1 aromatic heterocycles. The van der Waals surface area contributed by atoms with Crippen molar-refractivity contribution < 1.29 is 13.9 Å². The fourth-order valence-corrected chi connectivity index (χ4v) is 4.22. The van der Waals surface area contributed by atoms with Gasteiger partial charge in [0.1, 0.15) is 29.3 Å². The smallest absolute Gasteiger partial charge is 0.240 e. The van der Waals surface area contributed by atoms with Crippen LogP contribution in [0.5, 0.6) is 5.75 Å². The summed E-state index contributed by atoms with van der Waals surface area (Å²) in [5.41, 5.74) is 2.04. The lowest BCUT2D eigenvalue weighted by molar-refractivity contribution is -0.127. The van der Waals surface area contributed by atoms with Crippen LogP contribution in [0, 0.1) is 12.7 Å². The van der Waals surface area contributed by atoms with Gasteiger partial charge in [0.2, 0.25) is 5.91 Å². The van der Waals surface area contributed by atoms with Gasteiger partial charge < -0.3 is 15.4 Å². The van der Waals surface area contributed by atoms with Crippen LogP contribution in [0.3, 0.4) is 0 Å². The van der Waals surface area contributed by atoms with Crippen LogP contribution in [0.25, 0.3) is 10.9 Å². The number of rotatable bonds is 8. The summed E-state index contributed by atoms with van der Waals surface area (Å²) in [4.78, 5) is 23.4. The van der Waals surface area contributed by atoms with Gasteiger partial charge in [-0.05, 0) is 44.0 Å². The van der Waals surface area contributed by atoms with Crippen molar-refractivity contribution in [1.29, 1.82) is 0 Å². The highest BCUT2D eigenvalue weighted by molar-refractivity contribution is 5.92. The molecular formula is C24H28FN5O2. The summed E-state index contributed by atoms with van der Waals surface area (Å²) in [7, 11) is 3.29. The van der Waals surface area contributed by atoms with E-state index in [0.29, 0.717) is 34.9 Å². The van der Waals surface area contributed by atoms with Gasteiger partial charge in [0.15, 0.2) is 0 Å². The van der Waals surface area contributed by atoms with Crippen molar-refractivity contribution in [2.24, 2.45) is 0 Å². The zero-order chi connectivity index (χ0) is 22.9. The van der Waals surface area contributed by atoms with E-state index in [9.17, 15) is 9.18 Å². The molecule has 2 aromatic carbocycles. The molecule has 0 spiro atoms. The van der Waals surface area contributed by atoms with Crippen LogP contribution < -0.4 is 15.4 Å². The van der Waals surface area contributed by atoms with Crippen LogP contribution in [0.4, 0.5) is 15.9 Å². The van der Waals surface area contributed by atoms with E-state index >= 15 is 0 Å². The number of nitrogens with one attached hydrogen (secondary N) is 2. The fraction of sp³-hybridized carbons (Fsp3) is 0.375. The molecule has 3 aromatic rings. The van der Waals surface area contributed by atoms with Crippen molar-refractivity contribution in [3.63, 3.8) is 0 Å².